The predicted molar refractivity (Wildman–Crippen MR) is 82.5 cm³/mol. The number of rotatable bonds is 1. The number of carbonyl (C=O) groups is 1. The molecule has 1 saturated carbocycles. The van der Waals surface area contributed by atoms with E-state index in [0.29, 0.717) is 36.3 Å². The molecule has 1 saturated heterocycles. The Morgan fingerprint density at radius 1 is 1.41 bits per heavy atom. The third-order valence-electron chi connectivity index (χ3n) is 6.43. The van der Waals surface area contributed by atoms with Crippen molar-refractivity contribution in [2.24, 2.45) is 5.92 Å². The van der Waals surface area contributed by atoms with Gasteiger partial charge in [0.25, 0.3) is 0 Å². The van der Waals surface area contributed by atoms with E-state index in [4.69, 9.17) is 4.74 Å². The molecule has 2 N–H and O–H groups in total. The number of phenols is 1. The highest BCUT2D eigenvalue weighted by Gasteiger charge is 2.58. The zero-order valence-electron chi connectivity index (χ0n) is 13.3. The Balaban J connectivity index is 1.95. The highest BCUT2D eigenvalue weighted by molar-refractivity contribution is 5.82. The first-order valence-corrected chi connectivity index (χ1v) is 8.30. The van der Waals surface area contributed by atoms with Crippen molar-refractivity contribution in [1.29, 1.82) is 0 Å². The molecule has 1 aromatic rings. The van der Waals surface area contributed by atoms with Gasteiger partial charge in [-0.05, 0) is 18.1 Å². The number of ketones is 1. The average Bonchev–Trinajstić information content (AvgIpc) is 2.50. The predicted octanol–water partition coefficient (Wildman–Crippen LogP) is 0.851. The number of carbonyl (C=O) groups excluding carboxylic acids is 1. The second kappa shape index (κ2) is 4.72. The molecular formula is C18H24NO3+. The fourth-order valence-corrected chi connectivity index (χ4v) is 5.43. The second-order valence-electron chi connectivity index (χ2n) is 7.32. The lowest BCUT2D eigenvalue weighted by atomic mass is 9.52. The third-order valence-corrected chi connectivity index (χ3v) is 6.43. The van der Waals surface area contributed by atoms with E-state index in [1.165, 1.54) is 5.56 Å². The first-order valence-electron chi connectivity index (χ1n) is 8.30. The van der Waals surface area contributed by atoms with Crippen LogP contribution in [0.25, 0.3) is 0 Å². The third kappa shape index (κ3) is 1.70. The SMILES string of the molecule is COc1ccc2c(c1O)[C@@]13CC[NH+](C)[C@@H](C2)[C@H]1CCC(=O)C3. The van der Waals surface area contributed by atoms with Crippen molar-refractivity contribution in [2.45, 2.75) is 43.6 Å². The Kier molecular flexibility index (Phi) is 3.02. The maximum atomic E-state index is 12.3. The zero-order valence-corrected chi connectivity index (χ0v) is 13.3. The summed E-state index contributed by atoms with van der Waals surface area (Å²) in [7, 11) is 3.87. The van der Waals surface area contributed by atoms with Crippen LogP contribution in [0, 0.1) is 5.92 Å². The van der Waals surface area contributed by atoms with Gasteiger partial charge in [0.15, 0.2) is 11.5 Å². The number of phenolic OH excluding ortho intramolecular Hbond substituents is 1. The van der Waals surface area contributed by atoms with Crippen LogP contribution in [-0.2, 0) is 16.6 Å². The number of Topliss-reactive ketones (excluding diaryl/α,β-unsaturated/α-hetero) is 1. The summed E-state index contributed by atoms with van der Waals surface area (Å²) in [5.74, 6) is 1.67. The fourth-order valence-electron chi connectivity index (χ4n) is 5.43. The smallest absolute Gasteiger partial charge is 0.161 e. The molecule has 22 heavy (non-hydrogen) atoms. The molecule has 1 aromatic carbocycles. The van der Waals surface area contributed by atoms with Gasteiger partial charge < -0.3 is 14.7 Å². The molecule has 1 aliphatic heterocycles. The highest BCUT2D eigenvalue weighted by atomic mass is 16.5. The van der Waals surface area contributed by atoms with E-state index < -0.39 is 0 Å². The molecule has 0 amide bonds. The highest BCUT2D eigenvalue weighted by Crippen LogP contribution is 2.56. The number of quaternary nitrogens is 1. The van der Waals surface area contributed by atoms with Crippen LogP contribution in [0.5, 0.6) is 11.5 Å². The minimum absolute atomic E-state index is 0.161. The molecule has 2 aliphatic carbocycles. The van der Waals surface area contributed by atoms with Crippen LogP contribution >= 0.6 is 0 Å². The van der Waals surface area contributed by atoms with Crippen molar-refractivity contribution in [3.8, 4) is 11.5 Å². The first kappa shape index (κ1) is 14.1. The van der Waals surface area contributed by atoms with Crippen LogP contribution in [0.1, 0.15) is 36.8 Å². The summed E-state index contributed by atoms with van der Waals surface area (Å²) in [5.41, 5.74) is 2.08. The lowest BCUT2D eigenvalue weighted by molar-refractivity contribution is -0.918. The topological polar surface area (TPSA) is 51.0 Å². The van der Waals surface area contributed by atoms with Gasteiger partial charge in [0.2, 0.25) is 0 Å². The Bertz CT molecular complexity index is 641. The molecule has 1 unspecified atom stereocenters. The molecule has 0 aromatic heterocycles. The molecule has 0 radical (unpaired) electrons. The number of hydrogen-bond donors (Lipinski definition) is 2. The maximum Gasteiger partial charge on any atom is 0.161 e. The Hall–Kier alpha value is -1.55. The Labute approximate surface area is 131 Å². The minimum atomic E-state index is -0.161. The summed E-state index contributed by atoms with van der Waals surface area (Å²) in [6, 6.07) is 4.53. The average molecular weight is 302 g/mol. The number of likely N-dealkylation sites (tertiary alicyclic amines) is 1. The van der Waals surface area contributed by atoms with Crippen LogP contribution < -0.4 is 9.64 Å². The standard InChI is InChI=1S/C18H23NO3/c1-19-8-7-18-10-12(20)4-5-13(18)14(19)9-11-3-6-15(22-2)17(21)16(11)18/h3,6,13-14,21H,4-5,7-10H2,1-2H3/p+1/t13-,14+,18-/m1/s1. The van der Waals surface area contributed by atoms with Gasteiger partial charge in [-0.15, -0.1) is 0 Å². The number of piperidine rings is 1. The largest absolute Gasteiger partial charge is 0.504 e. The van der Waals surface area contributed by atoms with Crippen molar-refractivity contribution in [3.05, 3.63) is 23.3 Å². The van der Waals surface area contributed by atoms with Crippen molar-refractivity contribution >= 4 is 5.78 Å². The van der Waals surface area contributed by atoms with E-state index in [1.54, 1.807) is 12.0 Å². The van der Waals surface area contributed by atoms with E-state index in [9.17, 15) is 9.90 Å². The summed E-state index contributed by atoms with van der Waals surface area (Å²) in [6.07, 6.45) is 4.25. The van der Waals surface area contributed by atoms with Gasteiger partial charge >= 0.3 is 0 Å². The minimum Gasteiger partial charge on any atom is -0.504 e. The van der Waals surface area contributed by atoms with Crippen LogP contribution in [0.3, 0.4) is 0 Å². The lowest BCUT2D eigenvalue weighted by Crippen LogP contribution is -3.16. The number of likely N-dealkylation sites (N-methyl/N-ethyl adjacent to an activating group) is 1. The molecule has 4 nitrogen and oxygen atoms in total. The van der Waals surface area contributed by atoms with E-state index in [2.05, 4.69) is 13.1 Å². The number of fused-ring (bicyclic) bond motifs is 1. The number of aromatic hydroxyl groups is 1. The number of methoxy groups -OCH3 is 1. The number of benzene rings is 1. The van der Waals surface area contributed by atoms with Crippen molar-refractivity contribution in [2.75, 3.05) is 20.7 Å². The van der Waals surface area contributed by atoms with E-state index in [0.717, 1.165) is 31.4 Å². The van der Waals surface area contributed by atoms with Gasteiger partial charge in [0.1, 0.15) is 5.78 Å². The molecule has 4 atom stereocenters. The molecule has 4 heteroatoms. The van der Waals surface area contributed by atoms with Gasteiger partial charge in [-0.1, -0.05) is 6.07 Å². The van der Waals surface area contributed by atoms with Crippen LogP contribution in [0.4, 0.5) is 0 Å². The van der Waals surface area contributed by atoms with Crippen LogP contribution in [0.15, 0.2) is 12.1 Å². The van der Waals surface area contributed by atoms with Gasteiger partial charge in [-0.25, -0.2) is 0 Å². The van der Waals surface area contributed by atoms with Gasteiger partial charge in [-0.2, -0.15) is 0 Å². The van der Waals surface area contributed by atoms with Crippen molar-refractivity contribution in [3.63, 3.8) is 0 Å². The van der Waals surface area contributed by atoms with E-state index >= 15 is 0 Å². The Morgan fingerprint density at radius 2 is 2.23 bits per heavy atom. The molecule has 1 heterocycles. The molecule has 2 bridgehead atoms. The summed E-state index contributed by atoms with van der Waals surface area (Å²) in [4.78, 5) is 13.8. The number of nitrogens with one attached hydrogen (secondary N) is 1. The molecule has 3 aliphatic rings. The summed E-state index contributed by atoms with van der Waals surface area (Å²) >= 11 is 0. The van der Waals surface area contributed by atoms with Crippen LogP contribution in [0.2, 0.25) is 0 Å². The first-order chi connectivity index (χ1) is 10.6. The molecule has 2 fully saturated rings. The van der Waals surface area contributed by atoms with Crippen molar-refractivity contribution in [1.82, 2.24) is 0 Å². The summed E-state index contributed by atoms with van der Waals surface area (Å²) < 4.78 is 5.33. The summed E-state index contributed by atoms with van der Waals surface area (Å²) in [5, 5.41) is 10.8. The molecule has 4 rings (SSSR count). The van der Waals surface area contributed by atoms with Gasteiger partial charge in [0, 0.05) is 42.6 Å². The lowest BCUT2D eigenvalue weighted by Gasteiger charge is -2.55. The number of hydrogen-bond acceptors (Lipinski definition) is 3. The van der Waals surface area contributed by atoms with Gasteiger partial charge in [0.05, 0.1) is 26.7 Å². The molecule has 0 spiro atoms. The molecule has 118 valence electrons. The fraction of sp³-hybridized carbons (Fsp3) is 0.611. The van der Waals surface area contributed by atoms with E-state index in [1.807, 2.05) is 6.07 Å². The second-order valence-corrected chi connectivity index (χ2v) is 7.32. The quantitative estimate of drug-likeness (QED) is 0.809. The van der Waals surface area contributed by atoms with Gasteiger partial charge in [-0.3, -0.25) is 4.79 Å². The Morgan fingerprint density at radius 3 is 3.00 bits per heavy atom. The zero-order chi connectivity index (χ0) is 15.5. The molecular weight excluding hydrogens is 278 g/mol. The van der Waals surface area contributed by atoms with E-state index in [-0.39, 0.29) is 11.2 Å². The summed E-state index contributed by atoms with van der Waals surface area (Å²) in [6.45, 7) is 1.07. The van der Waals surface area contributed by atoms with Crippen molar-refractivity contribution < 1.29 is 19.5 Å². The normalized spacial score (nSPS) is 36.5. The maximum absolute atomic E-state index is 12.3. The number of ether oxygens (including phenoxy) is 1. The monoisotopic (exact) mass is 302 g/mol. The van der Waals surface area contributed by atoms with Crippen LogP contribution in [-0.4, -0.2) is 37.6 Å².